The summed E-state index contributed by atoms with van der Waals surface area (Å²) in [6, 6.07) is 3.17. The first-order chi connectivity index (χ1) is 10.5. The van der Waals surface area contributed by atoms with Gasteiger partial charge in [0.1, 0.15) is 0 Å². The summed E-state index contributed by atoms with van der Waals surface area (Å²) < 4.78 is 1.19. The molecule has 3 rings (SSSR count). The molecule has 0 saturated heterocycles. The molecule has 0 radical (unpaired) electrons. The number of aromatic carboxylic acids is 1. The molecule has 22 heavy (non-hydrogen) atoms. The van der Waals surface area contributed by atoms with Gasteiger partial charge in [-0.15, -0.1) is 5.10 Å². The molecule has 0 aromatic carbocycles. The number of carboxylic acid groups (broad SMARTS) is 1. The molecule has 0 spiro atoms. The molecule has 0 unspecified atom stereocenters. The van der Waals surface area contributed by atoms with Crippen molar-refractivity contribution >= 4 is 23.5 Å². The van der Waals surface area contributed by atoms with Crippen LogP contribution in [0.25, 0.3) is 16.8 Å². The Labute approximate surface area is 125 Å². The second kappa shape index (κ2) is 4.95. The summed E-state index contributed by atoms with van der Waals surface area (Å²) in [5, 5.41) is 13.2. The molecule has 0 atom stereocenters. The summed E-state index contributed by atoms with van der Waals surface area (Å²) >= 11 is 0. The lowest BCUT2D eigenvalue weighted by atomic mass is 10.1. The normalized spacial score (nSPS) is 10.8. The smallest absolute Gasteiger partial charge is 0.354 e. The standard InChI is InChI=1S/C13H13N7O2/c1-19(2)13-15-5-8(6-16-13)7-3-9(11(21)22)20-10(4-7)17-12(14)18-20/h3-6H,1-2H3,(H2,14,18)(H,21,22). The monoisotopic (exact) mass is 299 g/mol. The van der Waals surface area contributed by atoms with E-state index in [9.17, 15) is 9.90 Å². The van der Waals surface area contributed by atoms with Gasteiger partial charge in [0.05, 0.1) is 0 Å². The molecule has 0 saturated carbocycles. The van der Waals surface area contributed by atoms with E-state index >= 15 is 0 Å². The fourth-order valence-corrected chi connectivity index (χ4v) is 2.02. The van der Waals surface area contributed by atoms with Crippen molar-refractivity contribution in [3.8, 4) is 11.1 Å². The van der Waals surface area contributed by atoms with Gasteiger partial charge >= 0.3 is 5.97 Å². The van der Waals surface area contributed by atoms with Crippen LogP contribution >= 0.6 is 0 Å². The van der Waals surface area contributed by atoms with Gasteiger partial charge < -0.3 is 15.7 Å². The Morgan fingerprint density at radius 2 is 1.91 bits per heavy atom. The minimum Gasteiger partial charge on any atom is -0.477 e. The molecule has 3 aromatic heterocycles. The van der Waals surface area contributed by atoms with Crippen LogP contribution in [0.1, 0.15) is 10.5 Å². The SMILES string of the molecule is CN(C)c1ncc(-c2cc(C(=O)O)n3nc(N)nc3c2)cn1. The molecule has 112 valence electrons. The summed E-state index contributed by atoms with van der Waals surface area (Å²) in [7, 11) is 3.67. The van der Waals surface area contributed by atoms with Crippen LogP contribution in [0.5, 0.6) is 0 Å². The summed E-state index contributed by atoms with van der Waals surface area (Å²) in [5.41, 5.74) is 7.16. The number of anilines is 2. The number of carboxylic acids is 1. The highest BCUT2D eigenvalue weighted by Gasteiger charge is 2.15. The number of hydrogen-bond acceptors (Lipinski definition) is 7. The lowest BCUT2D eigenvalue weighted by Gasteiger charge is -2.10. The number of nitrogen functional groups attached to an aromatic ring is 1. The second-order valence-electron chi connectivity index (χ2n) is 4.84. The zero-order chi connectivity index (χ0) is 15.9. The van der Waals surface area contributed by atoms with E-state index in [-0.39, 0.29) is 11.6 Å². The van der Waals surface area contributed by atoms with Crippen molar-refractivity contribution in [1.82, 2.24) is 24.6 Å². The number of hydrogen-bond donors (Lipinski definition) is 2. The number of rotatable bonds is 3. The number of fused-ring (bicyclic) bond motifs is 1. The van der Waals surface area contributed by atoms with E-state index in [1.54, 1.807) is 23.4 Å². The van der Waals surface area contributed by atoms with Crippen LogP contribution < -0.4 is 10.6 Å². The highest BCUT2D eigenvalue weighted by Crippen LogP contribution is 2.22. The molecule has 0 aliphatic heterocycles. The van der Waals surface area contributed by atoms with Crippen molar-refractivity contribution in [2.45, 2.75) is 0 Å². The fourth-order valence-electron chi connectivity index (χ4n) is 2.02. The Morgan fingerprint density at radius 1 is 1.23 bits per heavy atom. The minimum atomic E-state index is -1.12. The number of carbonyl (C=O) groups is 1. The molecule has 0 amide bonds. The van der Waals surface area contributed by atoms with E-state index in [1.807, 2.05) is 14.1 Å². The van der Waals surface area contributed by atoms with Gasteiger partial charge in [-0.3, -0.25) is 0 Å². The van der Waals surface area contributed by atoms with Crippen molar-refractivity contribution in [3.63, 3.8) is 0 Å². The molecular weight excluding hydrogens is 286 g/mol. The van der Waals surface area contributed by atoms with Gasteiger partial charge in [0.25, 0.3) is 0 Å². The van der Waals surface area contributed by atoms with Gasteiger partial charge in [0, 0.05) is 32.1 Å². The third-order valence-electron chi connectivity index (χ3n) is 3.04. The molecule has 3 N–H and O–H groups in total. The lowest BCUT2D eigenvalue weighted by Crippen LogP contribution is -2.12. The predicted molar refractivity (Wildman–Crippen MR) is 79.7 cm³/mol. The van der Waals surface area contributed by atoms with Crippen LogP contribution in [0.15, 0.2) is 24.5 Å². The quantitative estimate of drug-likeness (QED) is 0.718. The van der Waals surface area contributed by atoms with Crippen molar-refractivity contribution in [3.05, 3.63) is 30.2 Å². The van der Waals surface area contributed by atoms with Crippen LogP contribution in [-0.2, 0) is 0 Å². The lowest BCUT2D eigenvalue weighted by molar-refractivity contribution is 0.0687. The number of pyridine rings is 1. The maximum absolute atomic E-state index is 11.4. The Hall–Kier alpha value is -3.23. The van der Waals surface area contributed by atoms with E-state index < -0.39 is 5.97 Å². The summed E-state index contributed by atoms with van der Waals surface area (Å²) in [6.45, 7) is 0. The number of aromatic nitrogens is 5. The predicted octanol–water partition coefficient (Wildman–Crippen LogP) is 0.533. The molecule has 0 bridgehead atoms. The summed E-state index contributed by atoms with van der Waals surface area (Å²) in [6.07, 6.45) is 3.25. The maximum atomic E-state index is 11.4. The zero-order valence-electron chi connectivity index (χ0n) is 11.9. The summed E-state index contributed by atoms with van der Waals surface area (Å²) in [5.74, 6) is -0.545. The molecule has 9 heteroatoms. The van der Waals surface area contributed by atoms with Crippen LogP contribution in [0.3, 0.4) is 0 Å². The maximum Gasteiger partial charge on any atom is 0.354 e. The minimum absolute atomic E-state index is 0.0128. The van der Waals surface area contributed by atoms with E-state index in [1.165, 1.54) is 10.6 Å². The molecule has 9 nitrogen and oxygen atoms in total. The Bertz CT molecular complexity index is 855. The molecular formula is C13H13N7O2. The average molecular weight is 299 g/mol. The molecule has 0 fully saturated rings. The van der Waals surface area contributed by atoms with Gasteiger partial charge in [-0.2, -0.15) is 4.98 Å². The van der Waals surface area contributed by atoms with Crippen LogP contribution in [0.4, 0.5) is 11.9 Å². The van der Waals surface area contributed by atoms with Crippen molar-refractivity contribution in [2.24, 2.45) is 0 Å². The molecule has 0 aliphatic carbocycles. The fraction of sp³-hybridized carbons (Fsp3) is 0.154. The van der Waals surface area contributed by atoms with E-state index in [0.29, 0.717) is 22.7 Å². The Morgan fingerprint density at radius 3 is 2.50 bits per heavy atom. The topological polar surface area (TPSA) is 123 Å². The van der Waals surface area contributed by atoms with E-state index in [2.05, 4.69) is 20.1 Å². The highest BCUT2D eigenvalue weighted by molar-refractivity contribution is 5.88. The van der Waals surface area contributed by atoms with Gasteiger partial charge in [-0.25, -0.2) is 19.3 Å². The third kappa shape index (κ3) is 2.28. The Kier molecular flexibility index (Phi) is 3.09. The van der Waals surface area contributed by atoms with Gasteiger partial charge in [0.2, 0.25) is 11.9 Å². The van der Waals surface area contributed by atoms with Gasteiger partial charge in [-0.1, -0.05) is 0 Å². The van der Waals surface area contributed by atoms with Crippen LogP contribution in [-0.4, -0.2) is 49.7 Å². The summed E-state index contributed by atoms with van der Waals surface area (Å²) in [4.78, 5) is 25.6. The third-order valence-corrected chi connectivity index (χ3v) is 3.04. The number of nitrogens with two attached hydrogens (primary N) is 1. The van der Waals surface area contributed by atoms with E-state index in [4.69, 9.17) is 5.73 Å². The van der Waals surface area contributed by atoms with E-state index in [0.717, 1.165) is 0 Å². The highest BCUT2D eigenvalue weighted by atomic mass is 16.4. The van der Waals surface area contributed by atoms with Gasteiger partial charge in [-0.05, 0) is 17.7 Å². The van der Waals surface area contributed by atoms with Crippen molar-refractivity contribution in [1.29, 1.82) is 0 Å². The largest absolute Gasteiger partial charge is 0.477 e. The van der Waals surface area contributed by atoms with Crippen molar-refractivity contribution in [2.75, 3.05) is 24.7 Å². The Balaban J connectivity index is 2.16. The molecule has 3 aromatic rings. The second-order valence-corrected chi connectivity index (χ2v) is 4.84. The molecule has 0 aliphatic rings. The first-order valence-corrected chi connectivity index (χ1v) is 6.35. The average Bonchev–Trinajstić information content (AvgIpc) is 2.86. The molecule has 3 heterocycles. The first-order valence-electron chi connectivity index (χ1n) is 6.35. The van der Waals surface area contributed by atoms with Crippen LogP contribution in [0.2, 0.25) is 0 Å². The van der Waals surface area contributed by atoms with Gasteiger partial charge in [0.15, 0.2) is 11.3 Å². The van der Waals surface area contributed by atoms with Crippen LogP contribution in [0, 0.1) is 0 Å². The number of nitrogens with zero attached hydrogens (tertiary/aromatic N) is 6. The zero-order valence-corrected chi connectivity index (χ0v) is 11.9. The first kappa shape index (κ1) is 13.7. The van der Waals surface area contributed by atoms with Crippen molar-refractivity contribution < 1.29 is 9.90 Å².